The minimum Gasteiger partial charge on any atom is -0.337 e. The molecule has 110 valence electrons. The third kappa shape index (κ3) is 6.42. The van der Waals surface area contributed by atoms with Gasteiger partial charge in [-0.25, -0.2) is 4.79 Å². The Morgan fingerprint density at radius 3 is 2.60 bits per heavy atom. The minimum absolute atomic E-state index is 0.00304. The van der Waals surface area contributed by atoms with E-state index in [2.05, 4.69) is 17.6 Å². The molecule has 0 aliphatic carbocycles. The molecule has 0 spiro atoms. The van der Waals surface area contributed by atoms with E-state index in [1.54, 1.807) is 0 Å². The van der Waals surface area contributed by atoms with Crippen molar-refractivity contribution in [3.8, 4) is 0 Å². The van der Waals surface area contributed by atoms with Crippen molar-refractivity contribution in [1.82, 2.24) is 5.32 Å². The highest BCUT2D eigenvalue weighted by atomic mass is 32.2. The average Bonchev–Trinajstić information content (AvgIpc) is 2.43. The molecule has 2 amide bonds. The molecule has 0 saturated heterocycles. The molecule has 0 radical (unpaired) electrons. The van der Waals surface area contributed by atoms with Crippen LogP contribution >= 0.6 is 11.8 Å². The Hall–Kier alpha value is -1.76. The number of anilines is 1. The lowest BCUT2D eigenvalue weighted by atomic mass is 10.3. The first-order chi connectivity index (χ1) is 9.63. The zero-order valence-corrected chi connectivity index (χ0v) is 12.2. The number of benzene rings is 1. The predicted molar refractivity (Wildman–Crippen MR) is 82.4 cm³/mol. The van der Waals surface area contributed by atoms with E-state index < -0.39 is 4.92 Å². The van der Waals surface area contributed by atoms with Crippen LogP contribution in [-0.4, -0.2) is 29.0 Å². The standard InChI is InChI=1S/C13H19N3O3S/c1-2-3-9-20-10-8-14-13(17)15-11-4-6-12(7-5-11)16(18)19/h4-7H,2-3,8-10H2,1H3,(H2,14,15,17). The van der Waals surface area contributed by atoms with Gasteiger partial charge in [-0.3, -0.25) is 10.1 Å². The lowest BCUT2D eigenvalue weighted by Gasteiger charge is -2.07. The molecule has 0 heterocycles. The monoisotopic (exact) mass is 297 g/mol. The van der Waals surface area contributed by atoms with Crippen LogP contribution < -0.4 is 10.6 Å². The van der Waals surface area contributed by atoms with E-state index in [4.69, 9.17) is 0 Å². The molecule has 0 unspecified atom stereocenters. The number of nitro groups is 1. The number of nitrogens with zero attached hydrogens (tertiary/aromatic N) is 1. The van der Waals surface area contributed by atoms with Crippen molar-refractivity contribution in [2.45, 2.75) is 19.8 Å². The van der Waals surface area contributed by atoms with Gasteiger partial charge in [0.15, 0.2) is 0 Å². The first-order valence-corrected chi connectivity index (χ1v) is 7.66. The van der Waals surface area contributed by atoms with Crippen LogP contribution in [0.4, 0.5) is 16.2 Å². The van der Waals surface area contributed by atoms with E-state index in [9.17, 15) is 14.9 Å². The van der Waals surface area contributed by atoms with Crippen LogP contribution in [-0.2, 0) is 0 Å². The van der Waals surface area contributed by atoms with E-state index in [1.165, 1.54) is 37.1 Å². The first-order valence-electron chi connectivity index (χ1n) is 6.50. The summed E-state index contributed by atoms with van der Waals surface area (Å²) < 4.78 is 0. The van der Waals surface area contributed by atoms with E-state index in [1.807, 2.05) is 11.8 Å². The molecular weight excluding hydrogens is 278 g/mol. The predicted octanol–water partition coefficient (Wildman–Crippen LogP) is 3.25. The van der Waals surface area contributed by atoms with Crippen LogP contribution in [0.25, 0.3) is 0 Å². The maximum absolute atomic E-state index is 11.6. The Labute approximate surface area is 122 Å². The molecule has 0 fully saturated rings. The van der Waals surface area contributed by atoms with Gasteiger partial charge in [0.1, 0.15) is 0 Å². The summed E-state index contributed by atoms with van der Waals surface area (Å²) in [6.07, 6.45) is 2.38. The van der Waals surface area contributed by atoms with Gasteiger partial charge >= 0.3 is 6.03 Å². The summed E-state index contributed by atoms with van der Waals surface area (Å²) in [4.78, 5) is 21.6. The Morgan fingerprint density at radius 1 is 1.30 bits per heavy atom. The normalized spacial score (nSPS) is 10.1. The van der Waals surface area contributed by atoms with Crippen molar-refractivity contribution in [3.05, 3.63) is 34.4 Å². The number of carbonyl (C=O) groups excluding carboxylic acids is 1. The van der Waals surface area contributed by atoms with Crippen molar-refractivity contribution >= 4 is 29.2 Å². The second kappa shape index (κ2) is 9.19. The quantitative estimate of drug-likeness (QED) is 0.438. The number of amides is 2. The van der Waals surface area contributed by atoms with Crippen molar-refractivity contribution < 1.29 is 9.72 Å². The smallest absolute Gasteiger partial charge is 0.319 e. The van der Waals surface area contributed by atoms with E-state index >= 15 is 0 Å². The van der Waals surface area contributed by atoms with Crippen molar-refractivity contribution in [2.75, 3.05) is 23.4 Å². The topological polar surface area (TPSA) is 84.3 Å². The molecule has 0 saturated carbocycles. The number of non-ortho nitro benzene ring substituents is 1. The van der Waals surface area contributed by atoms with Crippen LogP contribution in [0.1, 0.15) is 19.8 Å². The fraction of sp³-hybridized carbons (Fsp3) is 0.462. The maximum atomic E-state index is 11.6. The Bertz CT molecular complexity index is 437. The van der Waals surface area contributed by atoms with Gasteiger partial charge in [0, 0.05) is 30.1 Å². The van der Waals surface area contributed by atoms with Gasteiger partial charge in [-0.05, 0) is 24.3 Å². The second-order valence-electron chi connectivity index (χ2n) is 4.15. The molecule has 1 rings (SSSR count). The molecule has 20 heavy (non-hydrogen) atoms. The summed E-state index contributed by atoms with van der Waals surface area (Å²) in [5, 5.41) is 15.9. The van der Waals surface area contributed by atoms with Gasteiger partial charge in [-0.1, -0.05) is 13.3 Å². The molecular formula is C13H19N3O3S. The second-order valence-corrected chi connectivity index (χ2v) is 5.38. The highest BCUT2D eigenvalue weighted by molar-refractivity contribution is 7.99. The third-order valence-corrected chi connectivity index (χ3v) is 3.58. The number of hydrogen-bond acceptors (Lipinski definition) is 4. The van der Waals surface area contributed by atoms with E-state index in [0.29, 0.717) is 12.2 Å². The van der Waals surface area contributed by atoms with Crippen molar-refractivity contribution in [2.24, 2.45) is 0 Å². The average molecular weight is 297 g/mol. The Balaban J connectivity index is 2.23. The summed E-state index contributed by atoms with van der Waals surface area (Å²) in [6, 6.07) is 5.43. The highest BCUT2D eigenvalue weighted by Crippen LogP contribution is 2.15. The molecule has 0 bridgehead atoms. The van der Waals surface area contributed by atoms with Crippen LogP contribution in [0.3, 0.4) is 0 Å². The van der Waals surface area contributed by atoms with E-state index in [0.717, 1.165) is 11.5 Å². The number of rotatable bonds is 8. The van der Waals surface area contributed by atoms with Crippen LogP contribution in [0, 0.1) is 10.1 Å². The molecule has 0 atom stereocenters. The van der Waals surface area contributed by atoms with Gasteiger partial charge in [0.25, 0.3) is 5.69 Å². The van der Waals surface area contributed by atoms with Gasteiger partial charge in [-0.2, -0.15) is 11.8 Å². The molecule has 2 N–H and O–H groups in total. The lowest BCUT2D eigenvalue weighted by Crippen LogP contribution is -2.30. The van der Waals surface area contributed by atoms with E-state index in [-0.39, 0.29) is 11.7 Å². The zero-order chi connectivity index (χ0) is 14.8. The number of hydrogen-bond donors (Lipinski definition) is 2. The van der Waals surface area contributed by atoms with Crippen molar-refractivity contribution in [1.29, 1.82) is 0 Å². The third-order valence-electron chi connectivity index (χ3n) is 2.51. The fourth-order valence-corrected chi connectivity index (χ4v) is 2.37. The van der Waals surface area contributed by atoms with Crippen LogP contribution in [0.2, 0.25) is 0 Å². The van der Waals surface area contributed by atoms with Crippen molar-refractivity contribution in [3.63, 3.8) is 0 Å². The molecule has 7 heteroatoms. The van der Waals surface area contributed by atoms with Gasteiger partial charge in [-0.15, -0.1) is 0 Å². The molecule has 0 aliphatic heterocycles. The number of nitrogens with one attached hydrogen (secondary N) is 2. The maximum Gasteiger partial charge on any atom is 0.319 e. The highest BCUT2D eigenvalue weighted by Gasteiger charge is 2.05. The molecule has 0 aromatic heterocycles. The summed E-state index contributed by atoms with van der Waals surface area (Å²) in [6.45, 7) is 2.75. The van der Waals surface area contributed by atoms with Gasteiger partial charge < -0.3 is 10.6 Å². The van der Waals surface area contributed by atoms with Gasteiger partial charge in [0.05, 0.1) is 4.92 Å². The lowest BCUT2D eigenvalue weighted by molar-refractivity contribution is -0.384. The molecule has 1 aromatic rings. The van der Waals surface area contributed by atoms with Gasteiger partial charge in [0.2, 0.25) is 0 Å². The molecule has 1 aromatic carbocycles. The van der Waals surface area contributed by atoms with Crippen LogP contribution in [0.15, 0.2) is 24.3 Å². The summed E-state index contributed by atoms with van der Waals surface area (Å²) >= 11 is 1.81. The molecule has 6 nitrogen and oxygen atoms in total. The number of carbonyl (C=O) groups is 1. The Kier molecular flexibility index (Phi) is 7.49. The fourth-order valence-electron chi connectivity index (χ4n) is 1.43. The zero-order valence-electron chi connectivity index (χ0n) is 11.4. The largest absolute Gasteiger partial charge is 0.337 e. The van der Waals surface area contributed by atoms with Crippen LogP contribution in [0.5, 0.6) is 0 Å². The minimum atomic E-state index is -0.475. The number of unbranched alkanes of at least 4 members (excludes halogenated alkanes) is 1. The molecule has 0 aliphatic rings. The number of thioether (sulfide) groups is 1. The number of nitro benzene ring substituents is 1. The summed E-state index contributed by atoms with van der Waals surface area (Å²) in [5.74, 6) is 2.00. The summed E-state index contributed by atoms with van der Waals surface area (Å²) in [5.41, 5.74) is 0.537. The summed E-state index contributed by atoms with van der Waals surface area (Å²) in [7, 11) is 0. The SMILES string of the molecule is CCCCSCCNC(=O)Nc1ccc([N+](=O)[O-])cc1. The Morgan fingerprint density at radius 2 is 2.00 bits per heavy atom. The first kappa shape index (κ1) is 16.3. The number of urea groups is 1.